The molecule has 2 aliphatic rings. The van der Waals surface area contributed by atoms with Gasteiger partial charge in [0.15, 0.2) is 11.5 Å². The molecule has 1 aromatic rings. The Labute approximate surface area is 109 Å². The topological polar surface area (TPSA) is 36.9 Å². The largest absolute Gasteiger partial charge is 0.586 e. The number of halogens is 2. The van der Waals surface area contributed by atoms with Crippen molar-refractivity contribution in [2.24, 2.45) is 0 Å². The van der Waals surface area contributed by atoms with Crippen molar-refractivity contribution in [3.8, 4) is 11.5 Å². The van der Waals surface area contributed by atoms with Gasteiger partial charge in [-0.2, -0.15) is 0 Å². The quantitative estimate of drug-likeness (QED) is 0.729. The van der Waals surface area contributed by atoms with Gasteiger partial charge < -0.3 is 18.8 Å². The summed E-state index contributed by atoms with van der Waals surface area (Å²) in [6, 6.07) is 3.10. The van der Waals surface area contributed by atoms with Gasteiger partial charge in [-0.15, -0.1) is 8.78 Å². The predicted molar refractivity (Wildman–Crippen MR) is 63.9 cm³/mol. The minimum Gasteiger partial charge on any atom is -0.404 e. The van der Waals surface area contributed by atoms with E-state index in [1.807, 2.05) is 13.8 Å². The van der Waals surface area contributed by atoms with Crippen molar-refractivity contribution in [1.82, 2.24) is 0 Å². The highest BCUT2D eigenvalue weighted by Crippen LogP contribution is 2.42. The third-order valence-corrected chi connectivity index (χ3v) is 3.12. The first kappa shape index (κ1) is 12.7. The lowest BCUT2D eigenvalue weighted by molar-refractivity contribution is -0.286. The SMILES string of the molecule is Cc1c(B2OCC(C)(C)O2)ccc2c1OC(F)(F)O2. The normalized spacial score (nSPS) is 22.9. The second-order valence-corrected chi connectivity index (χ2v) is 5.30. The summed E-state index contributed by atoms with van der Waals surface area (Å²) in [5, 5.41) is 0. The summed E-state index contributed by atoms with van der Waals surface area (Å²) in [6.07, 6.45) is -3.61. The van der Waals surface area contributed by atoms with Gasteiger partial charge in [-0.25, -0.2) is 0 Å². The number of ether oxygens (including phenoxy) is 2. The molecule has 0 unspecified atom stereocenters. The van der Waals surface area contributed by atoms with Crippen LogP contribution in [0.2, 0.25) is 0 Å². The van der Waals surface area contributed by atoms with E-state index < -0.39 is 19.0 Å². The smallest absolute Gasteiger partial charge is 0.404 e. The number of hydrogen-bond acceptors (Lipinski definition) is 4. The fourth-order valence-corrected chi connectivity index (χ4v) is 2.20. The maximum atomic E-state index is 13.0. The van der Waals surface area contributed by atoms with Gasteiger partial charge >= 0.3 is 13.4 Å². The first-order valence-electron chi connectivity index (χ1n) is 5.96. The highest BCUT2D eigenvalue weighted by molar-refractivity contribution is 6.62. The molecule has 102 valence electrons. The van der Waals surface area contributed by atoms with Crippen LogP contribution < -0.4 is 14.9 Å². The van der Waals surface area contributed by atoms with E-state index in [4.69, 9.17) is 9.31 Å². The summed E-state index contributed by atoms with van der Waals surface area (Å²) >= 11 is 0. The molecule has 2 heterocycles. The van der Waals surface area contributed by atoms with Crippen LogP contribution in [0.25, 0.3) is 0 Å². The average molecular weight is 270 g/mol. The standard InChI is InChI=1S/C12H13BF2O4/c1-7-8(13-16-6-11(2,3)19-13)4-5-9-10(7)18-12(14,15)17-9/h4-5H,6H2,1-3H3. The molecule has 1 aromatic carbocycles. The van der Waals surface area contributed by atoms with Crippen LogP contribution in [0.1, 0.15) is 19.4 Å². The Kier molecular flexibility index (Phi) is 2.56. The summed E-state index contributed by atoms with van der Waals surface area (Å²) in [4.78, 5) is 0. The van der Waals surface area contributed by atoms with Crippen LogP contribution in [0.15, 0.2) is 12.1 Å². The molecule has 0 bridgehead atoms. The van der Waals surface area contributed by atoms with Crippen LogP contribution in [-0.4, -0.2) is 25.6 Å². The van der Waals surface area contributed by atoms with E-state index in [-0.39, 0.29) is 11.5 Å². The van der Waals surface area contributed by atoms with E-state index in [2.05, 4.69) is 9.47 Å². The third kappa shape index (κ3) is 2.17. The zero-order valence-corrected chi connectivity index (χ0v) is 10.8. The third-order valence-electron chi connectivity index (χ3n) is 3.12. The Morgan fingerprint density at radius 1 is 1.21 bits per heavy atom. The van der Waals surface area contributed by atoms with E-state index in [9.17, 15) is 8.78 Å². The second kappa shape index (κ2) is 3.83. The lowest BCUT2D eigenvalue weighted by atomic mass is 9.76. The summed E-state index contributed by atoms with van der Waals surface area (Å²) in [5.74, 6) is 0.0721. The molecule has 0 radical (unpaired) electrons. The minimum atomic E-state index is -3.61. The number of fused-ring (bicyclic) bond motifs is 1. The van der Waals surface area contributed by atoms with Crippen LogP contribution in [0.4, 0.5) is 8.78 Å². The van der Waals surface area contributed by atoms with Gasteiger partial charge in [-0.3, -0.25) is 0 Å². The van der Waals surface area contributed by atoms with Crippen molar-refractivity contribution >= 4 is 12.6 Å². The first-order chi connectivity index (χ1) is 8.77. The van der Waals surface area contributed by atoms with Gasteiger partial charge in [0.05, 0.1) is 12.2 Å². The average Bonchev–Trinajstić information content (AvgIpc) is 2.78. The molecule has 0 saturated carbocycles. The summed E-state index contributed by atoms with van der Waals surface area (Å²) in [5.41, 5.74) is 0.820. The summed E-state index contributed by atoms with van der Waals surface area (Å²) in [7, 11) is -0.571. The highest BCUT2D eigenvalue weighted by Gasteiger charge is 2.46. The molecule has 1 saturated heterocycles. The van der Waals surface area contributed by atoms with Crippen molar-refractivity contribution in [3.63, 3.8) is 0 Å². The van der Waals surface area contributed by atoms with E-state index in [1.165, 1.54) is 6.07 Å². The Balaban J connectivity index is 1.94. The summed E-state index contributed by atoms with van der Waals surface area (Å²) < 4.78 is 46.3. The molecular weight excluding hydrogens is 257 g/mol. The molecule has 2 aliphatic heterocycles. The van der Waals surface area contributed by atoms with E-state index in [1.54, 1.807) is 13.0 Å². The summed E-state index contributed by atoms with van der Waals surface area (Å²) in [6.45, 7) is 5.94. The minimum absolute atomic E-state index is 0.0310. The van der Waals surface area contributed by atoms with Crippen molar-refractivity contribution in [2.75, 3.05) is 6.61 Å². The fourth-order valence-electron chi connectivity index (χ4n) is 2.20. The first-order valence-corrected chi connectivity index (χ1v) is 5.96. The molecule has 0 aromatic heterocycles. The molecule has 19 heavy (non-hydrogen) atoms. The van der Waals surface area contributed by atoms with Crippen LogP contribution in [0.3, 0.4) is 0 Å². The lowest BCUT2D eigenvalue weighted by Gasteiger charge is -2.16. The molecule has 4 nitrogen and oxygen atoms in total. The molecule has 0 aliphatic carbocycles. The van der Waals surface area contributed by atoms with Gasteiger partial charge in [-0.05, 0) is 37.9 Å². The molecule has 0 N–H and O–H groups in total. The van der Waals surface area contributed by atoms with Crippen LogP contribution in [-0.2, 0) is 9.31 Å². The van der Waals surface area contributed by atoms with Crippen molar-refractivity contribution < 1.29 is 27.6 Å². The van der Waals surface area contributed by atoms with Gasteiger partial charge in [0.2, 0.25) is 0 Å². The van der Waals surface area contributed by atoms with Gasteiger partial charge in [0, 0.05) is 0 Å². The monoisotopic (exact) mass is 270 g/mol. The molecule has 0 amide bonds. The van der Waals surface area contributed by atoms with Gasteiger partial charge in [0.1, 0.15) is 0 Å². The maximum absolute atomic E-state index is 13.0. The van der Waals surface area contributed by atoms with Gasteiger partial charge in [-0.1, -0.05) is 6.07 Å². The molecule has 1 fully saturated rings. The Hall–Kier alpha value is -1.34. The fraction of sp³-hybridized carbons (Fsp3) is 0.500. The zero-order valence-electron chi connectivity index (χ0n) is 10.8. The van der Waals surface area contributed by atoms with Gasteiger partial charge in [0.25, 0.3) is 0 Å². The van der Waals surface area contributed by atoms with E-state index in [0.29, 0.717) is 17.6 Å². The van der Waals surface area contributed by atoms with Crippen molar-refractivity contribution in [1.29, 1.82) is 0 Å². The Bertz CT molecular complexity index is 533. The molecule has 3 rings (SSSR count). The lowest BCUT2D eigenvalue weighted by Crippen LogP contribution is -2.36. The predicted octanol–water partition coefficient (Wildman–Crippen LogP) is 1.84. The highest BCUT2D eigenvalue weighted by atomic mass is 19.3. The number of alkyl halides is 2. The van der Waals surface area contributed by atoms with Crippen molar-refractivity contribution in [2.45, 2.75) is 32.7 Å². The molecular formula is C12H13BF2O4. The molecule has 0 spiro atoms. The zero-order chi connectivity index (χ0) is 13.8. The second-order valence-electron chi connectivity index (χ2n) is 5.30. The number of rotatable bonds is 1. The molecule has 0 atom stereocenters. The van der Waals surface area contributed by atoms with Crippen LogP contribution in [0.5, 0.6) is 11.5 Å². The maximum Gasteiger partial charge on any atom is 0.586 e. The van der Waals surface area contributed by atoms with E-state index in [0.717, 1.165) is 0 Å². The van der Waals surface area contributed by atoms with Crippen LogP contribution >= 0.6 is 0 Å². The molecule has 7 heteroatoms. The van der Waals surface area contributed by atoms with E-state index >= 15 is 0 Å². The van der Waals surface area contributed by atoms with Crippen LogP contribution in [0, 0.1) is 6.92 Å². The number of hydrogen-bond donors (Lipinski definition) is 0. The Morgan fingerprint density at radius 2 is 1.95 bits per heavy atom. The Morgan fingerprint density at radius 3 is 2.58 bits per heavy atom. The van der Waals surface area contributed by atoms with Crippen molar-refractivity contribution in [3.05, 3.63) is 17.7 Å². The number of benzene rings is 1.